The number of fused-ring (bicyclic) bond motifs is 1. The second-order valence-corrected chi connectivity index (χ2v) is 4.76. The van der Waals surface area contributed by atoms with E-state index in [4.69, 9.17) is 5.73 Å². The van der Waals surface area contributed by atoms with Gasteiger partial charge in [-0.1, -0.05) is 22.0 Å². The zero-order chi connectivity index (χ0) is 10.8. The Morgan fingerprint density at radius 3 is 3.00 bits per heavy atom. The number of nitrogens with two attached hydrogens (primary N) is 1. The fourth-order valence-electron chi connectivity index (χ4n) is 1.94. The Labute approximate surface area is 97.4 Å². The van der Waals surface area contributed by atoms with Crippen molar-refractivity contribution in [3.8, 4) is 0 Å². The van der Waals surface area contributed by atoms with E-state index in [1.165, 1.54) is 11.1 Å². The Morgan fingerprint density at radius 1 is 1.47 bits per heavy atom. The van der Waals surface area contributed by atoms with E-state index in [9.17, 15) is 4.79 Å². The molecule has 0 unspecified atom stereocenters. The highest BCUT2D eigenvalue weighted by Crippen LogP contribution is 2.22. The van der Waals surface area contributed by atoms with Crippen LogP contribution in [0, 0.1) is 0 Å². The van der Waals surface area contributed by atoms with Crippen LogP contribution in [0.1, 0.15) is 11.1 Å². The summed E-state index contributed by atoms with van der Waals surface area (Å²) in [5.41, 5.74) is 7.85. The van der Waals surface area contributed by atoms with Crippen molar-refractivity contribution in [1.29, 1.82) is 0 Å². The molecule has 2 rings (SSSR count). The number of primary amides is 1. The molecule has 0 aromatic heterocycles. The molecular weight excluding hydrogens is 256 g/mol. The number of nitrogens with zero attached hydrogens (tertiary/aromatic N) is 1. The average molecular weight is 269 g/mol. The topological polar surface area (TPSA) is 46.3 Å². The van der Waals surface area contributed by atoms with Crippen LogP contribution in [0.4, 0.5) is 0 Å². The van der Waals surface area contributed by atoms with Gasteiger partial charge in [0.15, 0.2) is 0 Å². The second-order valence-electron chi connectivity index (χ2n) is 3.84. The van der Waals surface area contributed by atoms with E-state index in [1.807, 2.05) is 0 Å². The lowest BCUT2D eigenvalue weighted by molar-refractivity contribution is -0.119. The van der Waals surface area contributed by atoms with Gasteiger partial charge in [0.1, 0.15) is 0 Å². The third-order valence-electron chi connectivity index (χ3n) is 2.64. The van der Waals surface area contributed by atoms with Gasteiger partial charge < -0.3 is 5.73 Å². The van der Waals surface area contributed by atoms with Gasteiger partial charge in [-0.3, -0.25) is 9.69 Å². The zero-order valence-electron chi connectivity index (χ0n) is 8.37. The summed E-state index contributed by atoms with van der Waals surface area (Å²) >= 11 is 3.45. The van der Waals surface area contributed by atoms with Crippen LogP contribution in [0.3, 0.4) is 0 Å². The Kier molecular flexibility index (Phi) is 3.07. The molecule has 1 aromatic carbocycles. The number of amides is 1. The fraction of sp³-hybridized carbons (Fsp3) is 0.364. The Balaban J connectivity index is 2.14. The molecule has 0 saturated carbocycles. The van der Waals surface area contributed by atoms with Crippen molar-refractivity contribution in [2.75, 3.05) is 13.1 Å². The summed E-state index contributed by atoms with van der Waals surface area (Å²) < 4.78 is 1.09. The van der Waals surface area contributed by atoms with Gasteiger partial charge in [0.05, 0.1) is 6.54 Å². The van der Waals surface area contributed by atoms with E-state index in [0.29, 0.717) is 6.54 Å². The Morgan fingerprint density at radius 2 is 2.27 bits per heavy atom. The van der Waals surface area contributed by atoms with Crippen molar-refractivity contribution in [2.24, 2.45) is 5.73 Å². The van der Waals surface area contributed by atoms with Gasteiger partial charge >= 0.3 is 0 Å². The van der Waals surface area contributed by atoms with Crippen LogP contribution < -0.4 is 5.73 Å². The minimum atomic E-state index is -0.256. The Bertz CT molecular complexity index is 392. The quantitative estimate of drug-likeness (QED) is 0.879. The lowest BCUT2D eigenvalue weighted by Crippen LogP contribution is -2.37. The first-order valence-corrected chi connectivity index (χ1v) is 5.72. The van der Waals surface area contributed by atoms with Crippen LogP contribution in [0.25, 0.3) is 0 Å². The Hall–Kier alpha value is -0.870. The van der Waals surface area contributed by atoms with Gasteiger partial charge in [-0.15, -0.1) is 0 Å². The van der Waals surface area contributed by atoms with E-state index in [0.717, 1.165) is 24.0 Å². The highest BCUT2D eigenvalue weighted by atomic mass is 79.9. The third kappa shape index (κ3) is 2.58. The monoisotopic (exact) mass is 268 g/mol. The van der Waals surface area contributed by atoms with Gasteiger partial charge in [0.2, 0.25) is 5.91 Å². The summed E-state index contributed by atoms with van der Waals surface area (Å²) in [6.45, 7) is 2.08. The molecule has 15 heavy (non-hydrogen) atoms. The summed E-state index contributed by atoms with van der Waals surface area (Å²) in [6.07, 6.45) is 0.996. The normalized spacial score (nSPS) is 16.1. The SMILES string of the molecule is NC(=O)CN1CCc2ccc(Br)cc2C1. The lowest BCUT2D eigenvalue weighted by Gasteiger charge is -2.27. The number of halogens is 1. The lowest BCUT2D eigenvalue weighted by atomic mass is 10.00. The highest BCUT2D eigenvalue weighted by Gasteiger charge is 2.17. The van der Waals surface area contributed by atoms with Crippen molar-refractivity contribution in [3.05, 3.63) is 33.8 Å². The van der Waals surface area contributed by atoms with Crippen molar-refractivity contribution in [3.63, 3.8) is 0 Å². The molecule has 3 nitrogen and oxygen atoms in total. The molecule has 0 saturated heterocycles. The number of hydrogen-bond donors (Lipinski definition) is 1. The second kappa shape index (κ2) is 4.33. The predicted octanol–water partition coefficient (Wildman–Crippen LogP) is 1.29. The van der Waals surface area contributed by atoms with Gasteiger partial charge in [-0.2, -0.15) is 0 Å². The smallest absolute Gasteiger partial charge is 0.231 e. The van der Waals surface area contributed by atoms with Gasteiger partial charge in [-0.25, -0.2) is 0 Å². The van der Waals surface area contributed by atoms with Crippen molar-refractivity contribution >= 4 is 21.8 Å². The summed E-state index contributed by atoms with van der Waals surface area (Å²) in [5, 5.41) is 0. The first-order valence-electron chi connectivity index (χ1n) is 4.93. The number of rotatable bonds is 2. The van der Waals surface area contributed by atoms with Gasteiger partial charge in [0.25, 0.3) is 0 Å². The van der Waals surface area contributed by atoms with Crippen LogP contribution >= 0.6 is 15.9 Å². The molecule has 0 bridgehead atoms. The molecule has 1 aliphatic rings. The summed E-state index contributed by atoms with van der Waals surface area (Å²) in [6, 6.07) is 6.31. The van der Waals surface area contributed by atoms with Crippen molar-refractivity contribution in [1.82, 2.24) is 4.90 Å². The number of carbonyl (C=O) groups excluding carboxylic acids is 1. The summed E-state index contributed by atoms with van der Waals surface area (Å²) in [7, 11) is 0. The zero-order valence-corrected chi connectivity index (χ0v) is 9.96. The summed E-state index contributed by atoms with van der Waals surface area (Å²) in [4.78, 5) is 12.9. The van der Waals surface area contributed by atoms with Gasteiger partial charge in [0, 0.05) is 17.6 Å². The maximum atomic E-state index is 10.8. The van der Waals surface area contributed by atoms with Crippen LogP contribution in [0.15, 0.2) is 22.7 Å². The minimum absolute atomic E-state index is 0.256. The standard InChI is InChI=1S/C11H13BrN2O/c12-10-2-1-8-3-4-14(7-11(13)15)6-9(8)5-10/h1-2,5H,3-4,6-7H2,(H2,13,15). The highest BCUT2D eigenvalue weighted by molar-refractivity contribution is 9.10. The number of carbonyl (C=O) groups is 1. The van der Waals surface area contributed by atoms with E-state index in [2.05, 4.69) is 39.0 Å². The molecule has 0 aliphatic carbocycles. The maximum absolute atomic E-state index is 10.8. The average Bonchev–Trinajstić information content (AvgIpc) is 2.16. The maximum Gasteiger partial charge on any atom is 0.231 e. The largest absolute Gasteiger partial charge is 0.369 e. The van der Waals surface area contributed by atoms with E-state index < -0.39 is 0 Å². The molecule has 1 amide bonds. The van der Waals surface area contributed by atoms with E-state index >= 15 is 0 Å². The molecule has 0 radical (unpaired) electrons. The molecular formula is C11H13BrN2O. The van der Waals surface area contributed by atoms with Crippen LogP contribution in [-0.2, 0) is 17.8 Å². The van der Waals surface area contributed by atoms with E-state index in [-0.39, 0.29) is 5.91 Å². The number of hydrogen-bond acceptors (Lipinski definition) is 2. The van der Waals surface area contributed by atoms with Gasteiger partial charge in [-0.05, 0) is 29.7 Å². The molecule has 1 aromatic rings. The first-order chi connectivity index (χ1) is 7.15. The molecule has 4 heteroatoms. The molecule has 1 heterocycles. The predicted molar refractivity (Wildman–Crippen MR) is 62.3 cm³/mol. The molecule has 80 valence electrons. The minimum Gasteiger partial charge on any atom is -0.369 e. The third-order valence-corrected chi connectivity index (χ3v) is 3.13. The van der Waals surface area contributed by atoms with Crippen LogP contribution in [-0.4, -0.2) is 23.9 Å². The molecule has 0 atom stereocenters. The van der Waals surface area contributed by atoms with E-state index in [1.54, 1.807) is 0 Å². The molecule has 2 N–H and O–H groups in total. The number of benzene rings is 1. The van der Waals surface area contributed by atoms with Crippen molar-refractivity contribution in [2.45, 2.75) is 13.0 Å². The van der Waals surface area contributed by atoms with Crippen LogP contribution in [0.5, 0.6) is 0 Å². The molecule has 0 fully saturated rings. The fourth-order valence-corrected chi connectivity index (χ4v) is 2.35. The molecule has 0 spiro atoms. The van der Waals surface area contributed by atoms with Crippen molar-refractivity contribution < 1.29 is 4.79 Å². The summed E-state index contributed by atoms with van der Waals surface area (Å²) in [5.74, 6) is -0.256. The first kappa shape index (κ1) is 10.6. The molecule has 1 aliphatic heterocycles. The van der Waals surface area contributed by atoms with Crippen LogP contribution in [0.2, 0.25) is 0 Å².